The molecular formula is C56H40N2OS. The predicted molar refractivity (Wildman–Crippen MR) is 245 cm³/mol. The van der Waals surface area contributed by atoms with Crippen LogP contribution in [-0.4, -0.2) is 9.97 Å². The third-order valence-electron chi connectivity index (χ3n) is 15.1. The minimum Gasteiger partial charge on any atom is -0.454 e. The van der Waals surface area contributed by atoms with Crippen molar-refractivity contribution >= 4 is 44.1 Å². The molecule has 4 heteroatoms. The molecular weight excluding hydrogens is 749 g/mol. The molecule has 0 atom stereocenters. The standard InChI is InChI=1S/C56H40N2OS/c1-2-13-35(14-3-1)46-31-47(37-23-22-34-12-4-5-15-36(34)29-37)58-55(57-46)44-30-45-50(41-17-7-6-16-40(41)44)51-52(56(45)38-25-32-24-33(27-38)28-39(56)26-32)42-18-8-9-19-43(42)53-54(51)60-49-21-11-10-20-48(49)59-53/h1-23,29-33,38-39H,24-28H2. The number of rotatable bonds is 3. The van der Waals surface area contributed by atoms with Crippen LogP contribution in [0.25, 0.3) is 77.3 Å². The average Bonchev–Trinajstić information content (AvgIpc) is 3.61. The molecule has 1 aromatic heterocycles. The van der Waals surface area contributed by atoms with Crippen molar-refractivity contribution in [3.63, 3.8) is 0 Å². The second-order valence-corrected chi connectivity index (χ2v) is 19.1. The van der Waals surface area contributed by atoms with Gasteiger partial charge < -0.3 is 4.74 Å². The Bertz CT molecular complexity index is 3270. The summed E-state index contributed by atoms with van der Waals surface area (Å²) in [5.41, 5.74) is 11.0. The smallest absolute Gasteiger partial charge is 0.161 e. The Kier molecular flexibility index (Phi) is 6.94. The monoisotopic (exact) mass is 788 g/mol. The lowest BCUT2D eigenvalue weighted by Gasteiger charge is -2.61. The summed E-state index contributed by atoms with van der Waals surface area (Å²) in [6.45, 7) is 0. The van der Waals surface area contributed by atoms with E-state index in [4.69, 9.17) is 14.7 Å². The summed E-state index contributed by atoms with van der Waals surface area (Å²) in [6.07, 6.45) is 6.63. The first-order valence-electron chi connectivity index (χ1n) is 21.7. The van der Waals surface area contributed by atoms with E-state index in [1.807, 2.05) is 11.8 Å². The van der Waals surface area contributed by atoms with E-state index in [2.05, 4.69) is 158 Å². The number of fused-ring (bicyclic) bond motifs is 12. The number of nitrogens with zero attached hydrogens (tertiary/aromatic N) is 2. The van der Waals surface area contributed by atoms with Crippen molar-refractivity contribution in [2.75, 3.05) is 0 Å². The zero-order valence-corrected chi connectivity index (χ0v) is 33.9. The van der Waals surface area contributed by atoms with Crippen LogP contribution in [0.5, 0.6) is 11.5 Å². The van der Waals surface area contributed by atoms with E-state index in [-0.39, 0.29) is 5.41 Å². The molecule has 15 rings (SSSR count). The van der Waals surface area contributed by atoms with Gasteiger partial charge in [-0.1, -0.05) is 139 Å². The number of hydrogen-bond donors (Lipinski definition) is 0. The van der Waals surface area contributed by atoms with Crippen LogP contribution in [0.3, 0.4) is 0 Å². The molecule has 1 spiro atoms. The van der Waals surface area contributed by atoms with Crippen molar-refractivity contribution in [1.29, 1.82) is 0 Å². The highest BCUT2D eigenvalue weighted by atomic mass is 32.2. The van der Waals surface area contributed by atoms with Crippen LogP contribution in [0.15, 0.2) is 168 Å². The van der Waals surface area contributed by atoms with E-state index >= 15 is 0 Å². The summed E-state index contributed by atoms with van der Waals surface area (Å²) in [5.74, 6) is 5.55. The summed E-state index contributed by atoms with van der Waals surface area (Å²) >= 11 is 1.91. The van der Waals surface area contributed by atoms with Gasteiger partial charge in [0, 0.05) is 33.1 Å². The Hall–Kier alpha value is -6.23. The second-order valence-electron chi connectivity index (χ2n) is 18.1. The van der Waals surface area contributed by atoms with Crippen LogP contribution in [0.1, 0.15) is 43.2 Å². The molecule has 3 nitrogen and oxygen atoms in total. The molecule has 0 saturated heterocycles. The van der Waals surface area contributed by atoms with Crippen molar-refractivity contribution in [3.05, 3.63) is 169 Å². The highest BCUT2D eigenvalue weighted by Gasteiger charge is 2.63. The quantitative estimate of drug-likeness (QED) is 0.179. The largest absolute Gasteiger partial charge is 0.454 e. The fraction of sp³-hybridized carbons (Fsp3) is 0.179. The van der Waals surface area contributed by atoms with Crippen molar-refractivity contribution < 1.29 is 4.74 Å². The normalized spacial score (nSPS) is 22.8. The van der Waals surface area contributed by atoms with Gasteiger partial charge in [0.2, 0.25) is 0 Å². The first-order chi connectivity index (χ1) is 29.7. The SMILES string of the molecule is c1ccc(-c2cc(-c3ccc4ccccc4c3)nc(-c3cc4c(c5ccccc35)-c3c5c(c6ccccc6c3C43C4CC6CC(C4)CC3C6)Oc3ccccc3S5)n2)cc1. The lowest BCUT2D eigenvalue weighted by atomic mass is 9.43. The van der Waals surface area contributed by atoms with Gasteiger partial charge in [0.25, 0.3) is 0 Å². The summed E-state index contributed by atoms with van der Waals surface area (Å²) in [5, 5.41) is 7.52. The van der Waals surface area contributed by atoms with Crippen LogP contribution < -0.4 is 4.74 Å². The molecule has 5 aliphatic carbocycles. The summed E-state index contributed by atoms with van der Waals surface area (Å²) < 4.78 is 7.03. The molecule has 4 bridgehead atoms. The molecule has 0 amide bonds. The third kappa shape index (κ3) is 4.58. The number of ether oxygens (including phenoxy) is 1. The molecule has 4 saturated carbocycles. The maximum Gasteiger partial charge on any atom is 0.161 e. The van der Waals surface area contributed by atoms with Gasteiger partial charge in [-0.2, -0.15) is 0 Å². The molecule has 2 heterocycles. The van der Waals surface area contributed by atoms with Gasteiger partial charge in [-0.05, 0) is 130 Å². The second kappa shape index (κ2) is 12.4. The van der Waals surface area contributed by atoms with Crippen molar-refractivity contribution in [3.8, 4) is 56.5 Å². The average molecular weight is 789 g/mol. The number of para-hydroxylation sites is 1. The van der Waals surface area contributed by atoms with E-state index in [0.717, 1.165) is 57.2 Å². The molecule has 60 heavy (non-hydrogen) atoms. The summed E-state index contributed by atoms with van der Waals surface area (Å²) in [4.78, 5) is 13.5. The van der Waals surface area contributed by atoms with E-state index in [1.165, 1.54) is 90.9 Å². The van der Waals surface area contributed by atoms with Gasteiger partial charge in [-0.25, -0.2) is 9.97 Å². The van der Waals surface area contributed by atoms with E-state index in [9.17, 15) is 0 Å². The van der Waals surface area contributed by atoms with Crippen LogP contribution in [0.4, 0.5) is 0 Å². The zero-order chi connectivity index (χ0) is 39.1. The minimum atomic E-state index is -0.110. The molecule has 6 aliphatic rings. The van der Waals surface area contributed by atoms with Crippen molar-refractivity contribution in [1.82, 2.24) is 9.97 Å². The number of aromatic nitrogens is 2. The highest BCUT2D eigenvalue weighted by molar-refractivity contribution is 7.99. The molecule has 0 unspecified atom stereocenters. The number of benzene rings is 8. The molecule has 1 aliphatic heterocycles. The fourth-order valence-corrected chi connectivity index (χ4v) is 14.1. The lowest BCUT2D eigenvalue weighted by molar-refractivity contribution is -0.0393. The molecule has 286 valence electrons. The summed E-state index contributed by atoms with van der Waals surface area (Å²) in [7, 11) is 0. The van der Waals surface area contributed by atoms with Gasteiger partial charge >= 0.3 is 0 Å². The molecule has 4 fully saturated rings. The molecule has 8 aromatic carbocycles. The Morgan fingerprint density at radius 2 is 1.17 bits per heavy atom. The van der Waals surface area contributed by atoms with Gasteiger partial charge in [-0.15, -0.1) is 0 Å². The third-order valence-corrected chi connectivity index (χ3v) is 16.2. The van der Waals surface area contributed by atoms with Crippen LogP contribution in [0.2, 0.25) is 0 Å². The van der Waals surface area contributed by atoms with E-state index in [1.54, 1.807) is 5.56 Å². The topological polar surface area (TPSA) is 35.0 Å². The Labute approximate surface area is 353 Å². The molecule has 0 N–H and O–H groups in total. The van der Waals surface area contributed by atoms with Crippen LogP contribution in [0, 0.1) is 23.7 Å². The first kappa shape index (κ1) is 33.6. The highest BCUT2D eigenvalue weighted by Crippen LogP contribution is 2.73. The Morgan fingerprint density at radius 1 is 0.517 bits per heavy atom. The van der Waals surface area contributed by atoms with Crippen LogP contribution >= 0.6 is 11.8 Å². The lowest BCUT2D eigenvalue weighted by Crippen LogP contribution is -2.55. The Balaban J connectivity index is 1.09. The van der Waals surface area contributed by atoms with Gasteiger partial charge in [0.15, 0.2) is 5.82 Å². The van der Waals surface area contributed by atoms with Gasteiger partial charge in [0.05, 0.1) is 21.2 Å². The fourth-order valence-electron chi connectivity index (χ4n) is 13.0. The zero-order valence-electron chi connectivity index (χ0n) is 33.1. The summed E-state index contributed by atoms with van der Waals surface area (Å²) in [6, 6.07) is 57.6. The molecule has 9 aromatic rings. The first-order valence-corrected chi connectivity index (χ1v) is 22.6. The maximum atomic E-state index is 7.03. The minimum absolute atomic E-state index is 0.110. The van der Waals surface area contributed by atoms with Gasteiger partial charge in [-0.3, -0.25) is 0 Å². The van der Waals surface area contributed by atoms with Crippen LogP contribution in [-0.2, 0) is 5.41 Å². The molecule has 0 radical (unpaired) electrons. The maximum absolute atomic E-state index is 7.03. The van der Waals surface area contributed by atoms with Crippen molar-refractivity contribution in [2.45, 2.75) is 47.3 Å². The van der Waals surface area contributed by atoms with Gasteiger partial charge in [0.1, 0.15) is 11.5 Å². The van der Waals surface area contributed by atoms with E-state index < -0.39 is 0 Å². The predicted octanol–water partition coefficient (Wildman–Crippen LogP) is 14.9. The van der Waals surface area contributed by atoms with E-state index in [0.29, 0.717) is 11.8 Å². The van der Waals surface area contributed by atoms with Crippen molar-refractivity contribution in [2.24, 2.45) is 23.7 Å². The number of hydrogen-bond acceptors (Lipinski definition) is 4. The Morgan fingerprint density at radius 3 is 1.97 bits per heavy atom.